The largest absolute Gasteiger partial charge is 0.352 e. The number of rotatable bonds is 4. The molecule has 86 valence electrons. The predicted molar refractivity (Wildman–Crippen MR) is 58.7 cm³/mol. The van der Waals surface area contributed by atoms with Crippen molar-refractivity contribution in [3.8, 4) is 0 Å². The zero-order valence-electron chi connectivity index (χ0n) is 8.72. The van der Waals surface area contributed by atoms with E-state index in [1.807, 2.05) is 0 Å². The Morgan fingerprint density at radius 3 is 2.40 bits per heavy atom. The monoisotopic (exact) mass is 232 g/mol. The highest BCUT2D eigenvalue weighted by Crippen LogP contribution is 2.16. The van der Waals surface area contributed by atoms with Gasteiger partial charge in [-0.25, -0.2) is 0 Å². The van der Waals surface area contributed by atoms with Crippen molar-refractivity contribution in [1.29, 1.82) is 0 Å². The molecule has 1 saturated carbocycles. The van der Waals surface area contributed by atoms with E-state index in [0.717, 1.165) is 12.8 Å². The fourth-order valence-electron chi connectivity index (χ4n) is 1.75. The minimum absolute atomic E-state index is 0.0298. The Bertz CT molecular complexity index is 227. The molecule has 0 unspecified atom stereocenters. The van der Waals surface area contributed by atoms with Gasteiger partial charge in [-0.15, -0.1) is 11.6 Å². The average molecular weight is 233 g/mol. The highest BCUT2D eigenvalue weighted by atomic mass is 35.5. The van der Waals surface area contributed by atoms with Crippen LogP contribution in [0, 0.1) is 0 Å². The molecule has 0 saturated heterocycles. The lowest BCUT2D eigenvalue weighted by molar-refractivity contribution is -0.125. The number of hydrogen-bond acceptors (Lipinski definition) is 2. The van der Waals surface area contributed by atoms with Gasteiger partial charge in [0.1, 0.15) is 5.88 Å². The van der Waals surface area contributed by atoms with Crippen molar-refractivity contribution in [2.45, 2.75) is 38.1 Å². The molecule has 0 aromatic carbocycles. The number of alkyl halides is 1. The zero-order chi connectivity index (χ0) is 11.1. The number of carbonyl (C=O) groups excluding carboxylic acids is 2. The molecule has 1 aliphatic carbocycles. The molecule has 2 amide bonds. The van der Waals surface area contributed by atoms with Crippen LogP contribution in [0.1, 0.15) is 32.1 Å². The summed E-state index contributed by atoms with van der Waals surface area (Å²) in [6.07, 6.45) is 5.72. The first kappa shape index (κ1) is 12.3. The Hall–Kier alpha value is -0.770. The van der Waals surface area contributed by atoms with Gasteiger partial charge in [0.2, 0.25) is 11.8 Å². The second-order valence-corrected chi connectivity index (χ2v) is 4.08. The molecule has 1 aliphatic rings. The summed E-state index contributed by atoms with van der Waals surface area (Å²) in [5.74, 6) is -0.535. The van der Waals surface area contributed by atoms with Crippen LogP contribution in [0.5, 0.6) is 0 Å². The van der Waals surface area contributed by atoms with Gasteiger partial charge in [0.25, 0.3) is 0 Å². The molecule has 0 aliphatic heterocycles. The van der Waals surface area contributed by atoms with Crippen LogP contribution in [0.25, 0.3) is 0 Å². The molecule has 0 aromatic rings. The van der Waals surface area contributed by atoms with Crippen molar-refractivity contribution in [3.05, 3.63) is 0 Å². The third-order valence-corrected chi connectivity index (χ3v) is 2.78. The molecule has 0 atom stereocenters. The van der Waals surface area contributed by atoms with E-state index in [2.05, 4.69) is 10.6 Å². The summed E-state index contributed by atoms with van der Waals surface area (Å²) in [6.45, 7) is 0.0298. The molecule has 4 nitrogen and oxygen atoms in total. The molecule has 15 heavy (non-hydrogen) atoms. The summed E-state index contributed by atoms with van der Waals surface area (Å²) >= 11 is 5.28. The first-order chi connectivity index (χ1) is 7.22. The van der Waals surface area contributed by atoms with Gasteiger partial charge in [-0.3, -0.25) is 9.59 Å². The lowest BCUT2D eigenvalue weighted by Crippen LogP contribution is -2.42. The second-order valence-electron chi connectivity index (χ2n) is 3.81. The van der Waals surface area contributed by atoms with Crippen LogP contribution in [0.15, 0.2) is 0 Å². The standard InChI is InChI=1S/C10H17ClN2O2/c11-6-9(14)12-7-10(15)13-8-4-2-1-3-5-8/h8H,1-7H2,(H,12,14)(H,13,15). The van der Waals surface area contributed by atoms with E-state index in [0.29, 0.717) is 6.04 Å². The quantitative estimate of drug-likeness (QED) is 0.705. The van der Waals surface area contributed by atoms with Crippen LogP contribution in [0.2, 0.25) is 0 Å². The van der Waals surface area contributed by atoms with E-state index in [9.17, 15) is 9.59 Å². The van der Waals surface area contributed by atoms with Gasteiger partial charge >= 0.3 is 0 Å². The Balaban J connectivity index is 2.14. The molecule has 2 N–H and O–H groups in total. The van der Waals surface area contributed by atoms with Crippen LogP contribution >= 0.6 is 11.6 Å². The number of amides is 2. The van der Waals surface area contributed by atoms with Crippen molar-refractivity contribution in [1.82, 2.24) is 10.6 Å². The lowest BCUT2D eigenvalue weighted by atomic mass is 9.95. The summed E-state index contributed by atoms with van der Waals surface area (Å²) in [4.78, 5) is 22.1. The van der Waals surface area contributed by atoms with E-state index < -0.39 is 0 Å². The minimum atomic E-state index is -0.310. The highest BCUT2D eigenvalue weighted by Gasteiger charge is 2.15. The van der Waals surface area contributed by atoms with Crippen molar-refractivity contribution >= 4 is 23.4 Å². The van der Waals surface area contributed by atoms with E-state index in [4.69, 9.17) is 11.6 Å². The average Bonchev–Trinajstić information content (AvgIpc) is 2.27. The summed E-state index contributed by atoms with van der Waals surface area (Å²) < 4.78 is 0. The van der Waals surface area contributed by atoms with Gasteiger partial charge in [0.05, 0.1) is 6.54 Å². The van der Waals surface area contributed by atoms with E-state index in [-0.39, 0.29) is 24.2 Å². The molecule has 1 rings (SSSR count). The Morgan fingerprint density at radius 2 is 1.80 bits per heavy atom. The topological polar surface area (TPSA) is 58.2 Å². The summed E-state index contributed by atoms with van der Waals surface area (Å²) in [5.41, 5.74) is 0. The maximum absolute atomic E-state index is 11.4. The Morgan fingerprint density at radius 1 is 1.13 bits per heavy atom. The van der Waals surface area contributed by atoms with Gasteiger partial charge in [0.15, 0.2) is 0 Å². The maximum atomic E-state index is 11.4. The normalized spacial score (nSPS) is 17.1. The van der Waals surface area contributed by atoms with Crippen LogP contribution in [-0.2, 0) is 9.59 Å². The lowest BCUT2D eigenvalue weighted by Gasteiger charge is -2.22. The first-order valence-electron chi connectivity index (χ1n) is 5.34. The molecule has 5 heteroatoms. The summed E-state index contributed by atoms with van der Waals surface area (Å²) in [7, 11) is 0. The van der Waals surface area contributed by atoms with Crippen LogP contribution < -0.4 is 10.6 Å². The number of nitrogens with one attached hydrogen (secondary N) is 2. The van der Waals surface area contributed by atoms with E-state index >= 15 is 0 Å². The predicted octanol–water partition coefficient (Wildman–Crippen LogP) is 0.790. The van der Waals surface area contributed by atoms with Gasteiger partial charge in [0, 0.05) is 6.04 Å². The van der Waals surface area contributed by atoms with Crippen molar-refractivity contribution in [3.63, 3.8) is 0 Å². The van der Waals surface area contributed by atoms with E-state index in [1.54, 1.807) is 0 Å². The number of halogens is 1. The molecular formula is C10H17ClN2O2. The maximum Gasteiger partial charge on any atom is 0.239 e. The number of hydrogen-bond donors (Lipinski definition) is 2. The molecule has 0 spiro atoms. The Kier molecular flexibility index (Phi) is 5.47. The highest BCUT2D eigenvalue weighted by molar-refractivity contribution is 6.27. The van der Waals surface area contributed by atoms with Crippen LogP contribution in [0.4, 0.5) is 0 Å². The summed E-state index contributed by atoms with van der Waals surface area (Å²) in [5, 5.41) is 5.34. The van der Waals surface area contributed by atoms with Crippen LogP contribution in [-0.4, -0.2) is 30.3 Å². The SMILES string of the molecule is O=C(CCl)NCC(=O)NC1CCCCC1. The molecule has 0 radical (unpaired) electrons. The van der Waals surface area contributed by atoms with Crippen molar-refractivity contribution in [2.75, 3.05) is 12.4 Å². The smallest absolute Gasteiger partial charge is 0.239 e. The fourth-order valence-corrected chi connectivity index (χ4v) is 1.85. The zero-order valence-corrected chi connectivity index (χ0v) is 9.48. The second kappa shape index (κ2) is 6.67. The van der Waals surface area contributed by atoms with Gasteiger partial charge in [-0.1, -0.05) is 19.3 Å². The third kappa shape index (κ3) is 5.02. The fraction of sp³-hybridized carbons (Fsp3) is 0.800. The Labute approximate surface area is 94.7 Å². The van der Waals surface area contributed by atoms with Gasteiger partial charge in [-0.2, -0.15) is 0 Å². The van der Waals surface area contributed by atoms with E-state index in [1.165, 1.54) is 19.3 Å². The number of carbonyl (C=O) groups is 2. The summed E-state index contributed by atoms with van der Waals surface area (Å²) in [6, 6.07) is 0.291. The van der Waals surface area contributed by atoms with Gasteiger partial charge < -0.3 is 10.6 Å². The molecule has 0 heterocycles. The molecule has 0 aromatic heterocycles. The van der Waals surface area contributed by atoms with Crippen LogP contribution in [0.3, 0.4) is 0 Å². The minimum Gasteiger partial charge on any atom is -0.352 e. The van der Waals surface area contributed by atoms with Crippen molar-refractivity contribution in [2.24, 2.45) is 0 Å². The first-order valence-corrected chi connectivity index (χ1v) is 5.88. The molecular weight excluding hydrogens is 216 g/mol. The molecule has 1 fully saturated rings. The van der Waals surface area contributed by atoms with Gasteiger partial charge in [-0.05, 0) is 12.8 Å². The third-order valence-electron chi connectivity index (χ3n) is 2.54. The van der Waals surface area contributed by atoms with Crippen molar-refractivity contribution < 1.29 is 9.59 Å². The molecule has 0 bridgehead atoms.